The first-order valence-corrected chi connectivity index (χ1v) is 12.4. The molecule has 1 saturated heterocycles. The van der Waals surface area contributed by atoms with Crippen LogP contribution in [0.3, 0.4) is 0 Å². The fourth-order valence-electron chi connectivity index (χ4n) is 4.79. The Morgan fingerprint density at radius 2 is 1.14 bits per heavy atom. The maximum Gasteiger partial charge on any atom is 0.306 e. The van der Waals surface area contributed by atoms with Gasteiger partial charge in [-0.3, -0.25) is 4.79 Å². The molecule has 1 rings (SSSR count). The van der Waals surface area contributed by atoms with Gasteiger partial charge in [0, 0.05) is 30.3 Å². The highest BCUT2D eigenvalue weighted by Crippen LogP contribution is 2.38. The summed E-state index contributed by atoms with van der Waals surface area (Å²) in [5.74, 6) is -0.0935. The summed E-state index contributed by atoms with van der Waals surface area (Å²) in [5, 5.41) is 13.6. The van der Waals surface area contributed by atoms with Gasteiger partial charge in [-0.1, -0.05) is 84.0 Å². The van der Waals surface area contributed by atoms with Gasteiger partial charge < -0.3 is 4.74 Å². The van der Waals surface area contributed by atoms with E-state index in [4.69, 9.17) is 4.74 Å². The Morgan fingerprint density at radius 3 is 1.55 bits per heavy atom. The van der Waals surface area contributed by atoms with E-state index in [1.807, 2.05) is 27.7 Å². The molecule has 4 heteroatoms. The second-order valence-corrected chi connectivity index (χ2v) is 10.4. The number of carbonyl (C=O) groups excluding carboxylic acids is 1. The number of rotatable bonds is 15. The van der Waals surface area contributed by atoms with E-state index in [9.17, 15) is 10.0 Å². The molecule has 0 aromatic carbocycles. The van der Waals surface area contributed by atoms with Crippen LogP contribution in [-0.2, 0) is 14.7 Å². The quantitative estimate of drug-likeness (QED) is 0.209. The maximum absolute atomic E-state index is 12.4. The van der Waals surface area contributed by atoms with Gasteiger partial charge >= 0.3 is 5.97 Å². The largest absolute Gasteiger partial charge is 0.462 e. The van der Waals surface area contributed by atoms with Crippen LogP contribution >= 0.6 is 0 Å². The average molecular weight is 411 g/mol. The summed E-state index contributed by atoms with van der Waals surface area (Å²) < 4.78 is 5.71. The Kier molecular flexibility index (Phi) is 12.4. The third kappa shape index (κ3) is 10.8. The number of piperidine rings is 1. The molecule has 0 saturated carbocycles. The predicted molar refractivity (Wildman–Crippen MR) is 120 cm³/mol. The zero-order valence-electron chi connectivity index (χ0n) is 20.1. The maximum atomic E-state index is 12.4. The molecule has 0 unspecified atom stereocenters. The lowest BCUT2D eigenvalue weighted by Crippen LogP contribution is -2.60. The van der Waals surface area contributed by atoms with Crippen molar-refractivity contribution in [3.8, 4) is 0 Å². The molecule has 0 bridgehead atoms. The first-order chi connectivity index (χ1) is 13.7. The van der Waals surface area contributed by atoms with Crippen LogP contribution in [0.15, 0.2) is 0 Å². The van der Waals surface area contributed by atoms with E-state index in [2.05, 4.69) is 6.92 Å². The lowest BCUT2D eigenvalue weighted by molar-refractivity contribution is -0.299. The molecule has 0 aliphatic carbocycles. The van der Waals surface area contributed by atoms with Crippen molar-refractivity contribution < 1.29 is 14.7 Å². The monoisotopic (exact) mass is 410 g/mol. The van der Waals surface area contributed by atoms with Crippen LogP contribution in [-0.4, -0.2) is 28.2 Å². The number of unbranched alkanes of at least 4 members (excludes halogenated alkanes) is 12. The number of hydrogen-bond donors (Lipinski definition) is 0. The zero-order chi connectivity index (χ0) is 21.8. The predicted octanol–water partition coefficient (Wildman–Crippen LogP) is 7.38. The van der Waals surface area contributed by atoms with Crippen molar-refractivity contribution in [2.75, 3.05) is 0 Å². The topological polar surface area (TPSA) is 49.4 Å². The van der Waals surface area contributed by atoms with Gasteiger partial charge in [0.15, 0.2) is 0 Å². The highest BCUT2D eigenvalue weighted by atomic mass is 16.5. The first-order valence-electron chi connectivity index (χ1n) is 12.4. The van der Waals surface area contributed by atoms with Gasteiger partial charge in [0.05, 0.1) is 0 Å². The minimum absolute atomic E-state index is 0.0935. The number of hydroxylamine groups is 2. The molecule has 1 aliphatic heterocycles. The molecular formula is C25H48NO3. The van der Waals surface area contributed by atoms with Crippen molar-refractivity contribution in [3.63, 3.8) is 0 Å². The smallest absolute Gasteiger partial charge is 0.306 e. The summed E-state index contributed by atoms with van der Waals surface area (Å²) >= 11 is 0. The van der Waals surface area contributed by atoms with Crippen molar-refractivity contribution in [1.29, 1.82) is 0 Å². The van der Waals surface area contributed by atoms with E-state index in [0.29, 0.717) is 19.3 Å². The van der Waals surface area contributed by atoms with Gasteiger partial charge in [0.25, 0.3) is 0 Å². The van der Waals surface area contributed by atoms with Gasteiger partial charge in [-0.05, 0) is 34.1 Å². The average Bonchev–Trinajstić information content (AvgIpc) is 2.63. The summed E-state index contributed by atoms with van der Waals surface area (Å²) in [4.78, 5) is 12.2. The van der Waals surface area contributed by atoms with Crippen LogP contribution < -0.4 is 0 Å². The summed E-state index contributed by atoms with van der Waals surface area (Å²) in [5.41, 5.74) is -0.968. The van der Waals surface area contributed by atoms with Gasteiger partial charge in [0.2, 0.25) is 0 Å². The third-order valence-electron chi connectivity index (χ3n) is 6.34. The van der Waals surface area contributed by atoms with Crippen molar-refractivity contribution in [2.24, 2.45) is 0 Å². The van der Waals surface area contributed by atoms with Crippen molar-refractivity contribution in [1.82, 2.24) is 5.06 Å². The molecule has 1 fully saturated rings. The van der Waals surface area contributed by atoms with Crippen LogP contribution in [0.2, 0.25) is 0 Å². The molecule has 0 amide bonds. The SMILES string of the molecule is CCCCCCCCCCCCCCCC(=O)OC1CC(C)(C)N([O])C(C)(C)C1. The van der Waals surface area contributed by atoms with E-state index in [1.54, 1.807) is 0 Å². The Hall–Kier alpha value is -0.610. The van der Waals surface area contributed by atoms with Crippen molar-refractivity contribution >= 4 is 5.97 Å². The fourth-order valence-corrected chi connectivity index (χ4v) is 4.79. The molecule has 0 N–H and O–H groups in total. The molecule has 0 aromatic heterocycles. The first kappa shape index (κ1) is 26.4. The summed E-state index contributed by atoms with van der Waals surface area (Å²) in [6, 6.07) is 0. The number of hydrogen-bond acceptors (Lipinski definition) is 3. The van der Waals surface area contributed by atoms with Crippen molar-refractivity contribution in [2.45, 2.75) is 155 Å². The van der Waals surface area contributed by atoms with Crippen LogP contribution in [0.5, 0.6) is 0 Å². The van der Waals surface area contributed by atoms with E-state index in [-0.39, 0.29) is 12.1 Å². The van der Waals surface area contributed by atoms with Crippen LogP contribution in [0, 0.1) is 0 Å². The molecule has 0 spiro atoms. The lowest BCUT2D eigenvalue weighted by atomic mass is 9.80. The van der Waals surface area contributed by atoms with Gasteiger partial charge in [-0.25, -0.2) is 0 Å². The molecule has 1 aliphatic rings. The third-order valence-corrected chi connectivity index (χ3v) is 6.34. The number of nitrogens with zero attached hydrogens (tertiary/aromatic N) is 1. The van der Waals surface area contributed by atoms with Gasteiger partial charge in [-0.2, -0.15) is 0 Å². The van der Waals surface area contributed by atoms with E-state index >= 15 is 0 Å². The zero-order valence-corrected chi connectivity index (χ0v) is 20.1. The lowest BCUT2D eigenvalue weighted by Gasteiger charge is -2.49. The molecule has 29 heavy (non-hydrogen) atoms. The summed E-state index contributed by atoms with van der Waals surface area (Å²) in [6.45, 7) is 10.0. The number of esters is 1. The van der Waals surface area contributed by atoms with Crippen LogP contribution in [0.1, 0.15) is 137 Å². The van der Waals surface area contributed by atoms with E-state index < -0.39 is 11.1 Å². The van der Waals surface area contributed by atoms with E-state index in [1.165, 1.54) is 75.7 Å². The second-order valence-electron chi connectivity index (χ2n) is 10.4. The Morgan fingerprint density at radius 1 is 0.759 bits per heavy atom. The Bertz CT molecular complexity index is 429. The van der Waals surface area contributed by atoms with Crippen molar-refractivity contribution in [3.05, 3.63) is 0 Å². The standard InChI is InChI=1S/C25H48NO3/c1-6-7-8-9-10-11-12-13-14-15-16-17-18-19-23(27)29-22-20-24(2,3)26(28)25(4,5)21-22/h22H,6-21H2,1-5H3. The van der Waals surface area contributed by atoms with E-state index in [0.717, 1.165) is 12.8 Å². The minimum atomic E-state index is -0.484. The molecule has 0 aromatic rings. The number of carbonyl (C=O) groups is 1. The van der Waals surface area contributed by atoms with Crippen LogP contribution in [0.4, 0.5) is 0 Å². The van der Waals surface area contributed by atoms with Gasteiger partial charge in [-0.15, -0.1) is 10.3 Å². The Balaban J connectivity index is 2.01. The highest BCUT2D eigenvalue weighted by Gasteiger charge is 2.47. The molecule has 171 valence electrons. The minimum Gasteiger partial charge on any atom is -0.462 e. The molecule has 1 heterocycles. The molecule has 0 atom stereocenters. The molecule has 4 nitrogen and oxygen atoms in total. The van der Waals surface area contributed by atoms with Crippen LogP contribution in [0.25, 0.3) is 0 Å². The summed E-state index contributed by atoms with van der Waals surface area (Å²) in [6.07, 6.45) is 18.6. The summed E-state index contributed by atoms with van der Waals surface area (Å²) in [7, 11) is 0. The Labute approximate surface area is 180 Å². The van der Waals surface area contributed by atoms with Gasteiger partial charge in [0.1, 0.15) is 6.10 Å². The molecule has 1 radical (unpaired) electrons. The fraction of sp³-hybridized carbons (Fsp3) is 0.960. The second kappa shape index (κ2) is 13.6. The number of ether oxygens (including phenoxy) is 1. The highest BCUT2D eigenvalue weighted by molar-refractivity contribution is 5.69. The molecular weight excluding hydrogens is 362 g/mol. The normalized spacial score (nSPS) is 19.4.